The van der Waals surface area contributed by atoms with Gasteiger partial charge in [-0.2, -0.15) is 5.10 Å². The van der Waals surface area contributed by atoms with Crippen LogP contribution in [0, 0.1) is 17.3 Å². The number of nitrogens with one attached hydrogen (secondary N) is 1. The smallest absolute Gasteiger partial charge is 0.0630 e. The highest BCUT2D eigenvalue weighted by atomic mass is 15.3. The molecule has 0 bridgehead atoms. The second-order valence-corrected chi connectivity index (χ2v) is 7.51. The molecular formula is C17H31N3. The van der Waals surface area contributed by atoms with Crippen LogP contribution in [0.2, 0.25) is 0 Å². The average molecular weight is 277 g/mol. The molecule has 1 N–H and O–H groups in total. The van der Waals surface area contributed by atoms with Gasteiger partial charge >= 0.3 is 0 Å². The van der Waals surface area contributed by atoms with Crippen molar-refractivity contribution in [2.75, 3.05) is 13.1 Å². The van der Waals surface area contributed by atoms with Crippen molar-refractivity contribution >= 4 is 0 Å². The van der Waals surface area contributed by atoms with Crippen molar-refractivity contribution in [2.24, 2.45) is 17.3 Å². The van der Waals surface area contributed by atoms with E-state index in [1.54, 1.807) is 0 Å². The molecule has 20 heavy (non-hydrogen) atoms. The van der Waals surface area contributed by atoms with Gasteiger partial charge in [-0.15, -0.1) is 0 Å². The summed E-state index contributed by atoms with van der Waals surface area (Å²) in [5, 5.41) is 8.40. The van der Waals surface area contributed by atoms with Gasteiger partial charge in [0.05, 0.1) is 5.69 Å². The molecule has 2 rings (SSSR count). The van der Waals surface area contributed by atoms with Crippen LogP contribution in [0.5, 0.6) is 0 Å². The largest absolute Gasteiger partial charge is 0.316 e. The Bertz CT molecular complexity index is 418. The summed E-state index contributed by atoms with van der Waals surface area (Å²) in [5.74, 6) is 1.60. The first-order valence-corrected chi connectivity index (χ1v) is 8.15. The monoisotopic (exact) mass is 277 g/mol. The van der Waals surface area contributed by atoms with Crippen LogP contribution in [-0.2, 0) is 6.42 Å². The third-order valence-corrected chi connectivity index (χ3v) is 4.42. The molecule has 3 heteroatoms. The van der Waals surface area contributed by atoms with Crippen LogP contribution in [0.15, 0.2) is 12.3 Å². The van der Waals surface area contributed by atoms with Gasteiger partial charge in [0, 0.05) is 18.8 Å². The fourth-order valence-corrected chi connectivity index (χ4v) is 2.95. The lowest BCUT2D eigenvalue weighted by atomic mass is 9.80. The summed E-state index contributed by atoms with van der Waals surface area (Å²) in [7, 11) is 0. The van der Waals surface area contributed by atoms with E-state index in [0.29, 0.717) is 11.5 Å². The molecule has 1 fully saturated rings. The standard InChI is InChI=1S/C17H31N3/c1-13(2)11-18-12-17(5,15-6-7-15)10-16-8-9-20(19-16)14(3)4/h8-9,13-15,18H,6-7,10-12H2,1-5H3. The molecule has 1 atom stereocenters. The number of rotatable bonds is 8. The van der Waals surface area contributed by atoms with Gasteiger partial charge in [-0.3, -0.25) is 4.68 Å². The Morgan fingerprint density at radius 2 is 2.05 bits per heavy atom. The van der Waals surface area contributed by atoms with Gasteiger partial charge in [0.2, 0.25) is 0 Å². The van der Waals surface area contributed by atoms with E-state index >= 15 is 0 Å². The van der Waals surface area contributed by atoms with Crippen molar-refractivity contribution in [2.45, 2.75) is 59.9 Å². The molecule has 0 radical (unpaired) electrons. The molecule has 1 aromatic heterocycles. The van der Waals surface area contributed by atoms with Gasteiger partial charge in [0.15, 0.2) is 0 Å². The normalized spacial score (nSPS) is 18.8. The molecule has 1 saturated carbocycles. The second-order valence-electron chi connectivity index (χ2n) is 7.51. The van der Waals surface area contributed by atoms with Crippen LogP contribution in [-0.4, -0.2) is 22.9 Å². The highest BCUT2D eigenvalue weighted by molar-refractivity contribution is 5.07. The maximum Gasteiger partial charge on any atom is 0.0630 e. The number of nitrogens with zero attached hydrogens (tertiary/aromatic N) is 2. The molecule has 114 valence electrons. The highest BCUT2D eigenvalue weighted by Crippen LogP contribution is 2.46. The predicted octanol–water partition coefficient (Wildman–Crippen LogP) is 3.67. The summed E-state index contributed by atoms with van der Waals surface area (Å²) in [6.45, 7) is 13.6. The van der Waals surface area contributed by atoms with Crippen LogP contribution < -0.4 is 5.32 Å². The van der Waals surface area contributed by atoms with E-state index < -0.39 is 0 Å². The van der Waals surface area contributed by atoms with E-state index in [0.717, 1.165) is 31.3 Å². The fraction of sp³-hybridized carbons (Fsp3) is 0.824. The van der Waals surface area contributed by atoms with Gasteiger partial charge in [0.1, 0.15) is 0 Å². The van der Waals surface area contributed by atoms with Crippen molar-refractivity contribution in [1.82, 2.24) is 15.1 Å². The molecule has 3 nitrogen and oxygen atoms in total. The first kappa shape index (κ1) is 15.6. The summed E-state index contributed by atoms with van der Waals surface area (Å²) in [6.07, 6.45) is 6.01. The molecule has 0 spiro atoms. The van der Waals surface area contributed by atoms with Gasteiger partial charge in [0.25, 0.3) is 0 Å². The molecule has 0 aromatic carbocycles. The summed E-state index contributed by atoms with van der Waals surface area (Å²) in [5.41, 5.74) is 1.62. The highest BCUT2D eigenvalue weighted by Gasteiger charge is 2.41. The van der Waals surface area contributed by atoms with E-state index in [9.17, 15) is 0 Å². The molecule has 1 aliphatic carbocycles. The van der Waals surface area contributed by atoms with Crippen molar-refractivity contribution in [3.8, 4) is 0 Å². The number of hydrogen-bond acceptors (Lipinski definition) is 2. The molecule has 1 aliphatic rings. The summed E-state index contributed by atoms with van der Waals surface area (Å²) >= 11 is 0. The molecule has 0 aliphatic heterocycles. The first-order chi connectivity index (χ1) is 9.40. The molecular weight excluding hydrogens is 246 g/mol. The molecule has 0 saturated heterocycles. The van der Waals surface area contributed by atoms with Gasteiger partial charge < -0.3 is 5.32 Å². The van der Waals surface area contributed by atoms with Crippen molar-refractivity contribution in [3.05, 3.63) is 18.0 Å². The van der Waals surface area contributed by atoms with Crippen molar-refractivity contribution < 1.29 is 0 Å². The number of hydrogen-bond donors (Lipinski definition) is 1. The number of aromatic nitrogens is 2. The molecule has 1 heterocycles. The quantitative estimate of drug-likeness (QED) is 0.785. The Kier molecular flexibility index (Phi) is 4.90. The molecule has 1 aromatic rings. The Labute approximate surface area is 124 Å². The maximum absolute atomic E-state index is 4.74. The van der Waals surface area contributed by atoms with E-state index in [2.05, 4.69) is 56.9 Å². The fourth-order valence-electron chi connectivity index (χ4n) is 2.95. The summed E-state index contributed by atoms with van der Waals surface area (Å²) in [6, 6.07) is 2.65. The van der Waals surface area contributed by atoms with Crippen LogP contribution in [0.25, 0.3) is 0 Å². The maximum atomic E-state index is 4.74. The lowest BCUT2D eigenvalue weighted by Crippen LogP contribution is -2.37. The Morgan fingerprint density at radius 1 is 1.35 bits per heavy atom. The zero-order chi connectivity index (χ0) is 14.8. The lowest BCUT2D eigenvalue weighted by Gasteiger charge is -2.30. The Hall–Kier alpha value is -0.830. The van der Waals surface area contributed by atoms with E-state index in [-0.39, 0.29) is 0 Å². The minimum absolute atomic E-state index is 0.366. The second kappa shape index (κ2) is 6.30. The minimum Gasteiger partial charge on any atom is -0.316 e. The van der Waals surface area contributed by atoms with Crippen molar-refractivity contribution in [3.63, 3.8) is 0 Å². The SMILES string of the molecule is CC(C)CNCC(C)(Cc1ccn(C(C)C)n1)C1CC1. The zero-order valence-electron chi connectivity index (χ0n) is 13.8. The average Bonchev–Trinajstić information content (AvgIpc) is 3.11. The van der Waals surface area contributed by atoms with E-state index in [1.807, 2.05) is 0 Å². The van der Waals surface area contributed by atoms with Gasteiger partial charge in [-0.05, 0) is 63.0 Å². The molecule has 0 amide bonds. The minimum atomic E-state index is 0.366. The van der Waals surface area contributed by atoms with E-state index in [4.69, 9.17) is 5.10 Å². The first-order valence-electron chi connectivity index (χ1n) is 8.15. The Balaban J connectivity index is 1.96. The van der Waals surface area contributed by atoms with Crippen LogP contribution >= 0.6 is 0 Å². The predicted molar refractivity (Wildman–Crippen MR) is 84.9 cm³/mol. The third-order valence-electron chi connectivity index (χ3n) is 4.42. The van der Waals surface area contributed by atoms with Crippen molar-refractivity contribution in [1.29, 1.82) is 0 Å². The topological polar surface area (TPSA) is 29.9 Å². The zero-order valence-corrected chi connectivity index (χ0v) is 13.8. The van der Waals surface area contributed by atoms with Crippen LogP contribution in [0.4, 0.5) is 0 Å². The third kappa shape index (κ3) is 4.08. The van der Waals surface area contributed by atoms with Gasteiger partial charge in [-0.1, -0.05) is 20.8 Å². The Morgan fingerprint density at radius 3 is 2.55 bits per heavy atom. The summed E-state index contributed by atoms with van der Waals surface area (Å²) in [4.78, 5) is 0. The summed E-state index contributed by atoms with van der Waals surface area (Å²) < 4.78 is 2.07. The molecule has 1 unspecified atom stereocenters. The van der Waals surface area contributed by atoms with E-state index in [1.165, 1.54) is 18.5 Å². The van der Waals surface area contributed by atoms with Crippen LogP contribution in [0.3, 0.4) is 0 Å². The van der Waals surface area contributed by atoms with Crippen LogP contribution in [0.1, 0.15) is 59.2 Å². The lowest BCUT2D eigenvalue weighted by molar-refractivity contribution is 0.248. The van der Waals surface area contributed by atoms with Gasteiger partial charge in [-0.25, -0.2) is 0 Å².